The first kappa shape index (κ1) is 25.8. The lowest BCUT2D eigenvalue weighted by Gasteiger charge is -2.44. The van der Waals surface area contributed by atoms with Crippen molar-refractivity contribution >= 4 is 5.91 Å². The second-order valence-electron chi connectivity index (χ2n) is 9.88. The van der Waals surface area contributed by atoms with E-state index in [-0.39, 0.29) is 32.0 Å². The van der Waals surface area contributed by atoms with Crippen LogP contribution < -0.4 is 5.32 Å². The number of nitrogens with one attached hydrogen (secondary N) is 1. The Morgan fingerprint density at radius 1 is 1.03 bits per heavy atom. The fourth-order valence-electron chi connectivity index (χ4n) is 5.06. The minimum atomic E-state index is -1.30. The number of aliphatic hydroxyl groups is 2. The fourth-order valence-corrected chi connectivity index (χ4v) is 5.06. The van der Waals surface area contributed by atoms with E-state index in [1.165, 1.54) is 12.8 Å². The van der Waals surface area contributed by atoms with Crippen LogP contribution in [0.5, 0.6) is 0 Å². The predicted octanol–water partition coefficient (Wildman–Crippen LogP) is 2.56. The molecule has 1 aliphatic heterocycles. The van der Waals surface area contributed by atoms with E-state index in [4.69, 9.17) is 9.47 Å². The van der Waals surface area contributed by atoms with Gasteiger partial charge in [-0.3, -0.25) is 4.79 Å². The average molecular weight is 483 g/mol. The van der Waals surface area contributed by atoms with Gasteiger partial charge in [-0.2, -0.15) is 0 Å². The third-order valence-corrected chi connectivity index (χ3v) is 7.08. The molecule has 1 unspecified atom stereocenters. The molecule has 4 atom stereocenters. The molecule has 0 bridgehead atoms. The number of carbonyl (C=O) groups excluding carboxylic acids is 1. The van der Waals surface area contributed by atoms with Crippen molar-refractivity contribution in [2.24, 2.45) is 0 Å². The topological polar surface area (TPSA) is 91.3 Å². The van der Waals surface area contributed by atoms with Crippen LogP contribution in [0.4, 0.5) is 0 Å². The van der Waals surface area contributed by atoms with Gasteiger partial charge in [-0.05, 0) is 44.0 Å². The predicted molar refractivity (Wildman–Crippen MR) is 134 cm³/mol. The van der Waals surface area contributed by atoms with Gasteiger partial charge in [0.2, 0.25) is 0 Å². The van der Waals surface area contributed by atoms with Gasteiger partial charge < -0.3 is 29.9 Å². The molecule has 190 valence electrons. The SMILES string of the molecule is Cc1cccc(CO[C@]2(C(=O)NCCN3CCCC3)CC(OCc3ccccc3)[C@H](O)[C@H](O)C2)c1. The van der Waals surface area contributed by atoms with Crippen molar-refractivity contribution in [2.75, 3.05) is 26.2 Å². The van der Waals surface area contributed by atoms with Crippen LogP contribution in [-0.4, -0.2) is 71.1 Å². The van der Waals surface area contributed by atoms with E-state index in [2.05, 4.69) is 10.2 Å². The van der Waals surface area contributed by atoms with Gasteiger partial charge in [0.05, 0.1) is 25.4 Å². The van der Waals surface area contributed by atoms with Crippen LogP contribution in [-0.2, 0) is 27.5 Å². The van der Waals surface area contributed by atoms with Crippen molar-refractivity contribution in [3.63, 3.8) is 0 Å². The minimum Gasteiger partial charge on any atom is -0.390 e. The van der Waals surface area contributed by atoms with E-state index in [0.29, 0.717) is 6.54 Å². The third kappa shape index (κ3) is 6.90. The molecule has 1 aliphatic carbocycles. The molecule has 0 aromatic heterocycles. The van der Waals surface area contributed by atoms with Crippen LogP contribution >= 0.6 is 0 Å². The maximum atomic E-state index is 13.6. The summed E-state index contributed by atoms with van der Waals surface area (Å²) in [5, 5.41) is 24.5. The average Bonchev–Trinajstić information content (AvgIpc) is 3.38. The number of hydrogen-bond acceptors (Lipinski definition) is 6. The molecule has 1 amide bonds. The van der Waals surface area contributed by atoms with Crippen LogP contribution in [0.1, 0.15) is 42.4 Å². The summed E-state index contributed by atoms with van der Waals surface area (Å²) in [5.41, 5.74) is 1.73. The molecule has 1 saturated heterocycles. The number of aliphatic hydroxyl groups excluding tert-OH is 2. The smallest absolute Gasteiger partial charge is 0.252 e. The molecule has 4 rings (SSSR count). The largest absolute Gasteiger partial charge is 0.390 e. The Hall–Kier alpha value is -2.29. The molecule has 2 aromatic carbocycles. The lowest BCUT2D eigenvalue weighted by Crippen LogP contribution is -2.61. The minimum absolute atomic E-state index is 0.0146. The van der Waals surface area contributed by atoms with E-state index in [9.17, 15) is 15.0 Å². The number of aryl methyl sites for hydroxylation is 1. The summed E-state index contributed by atoms with van der Waals surface area (Å²) >= 11 is 0. The number of nitrogens with zero attached hydrogens (tertiary/aromatic N) is 1. The normalized spacial score (nSPS) is 27.1. The highest BCUT2D eigenvalue weighted by Crippen LogP contribution is 2.35. The van der Waals surface area contributed by atoms with Crippen molar-refractivity contribution in [1.29, 1.82) is 0 Å². The van der Waals surface area contributed by atoms with Crippen LogP contribution in [0.2, 0.25) is 0 Å². The van der Waals surface area contributed by atoms with Crippen molar-refractivity contribution < 1.29 is 24.5 Å². The Labute approximate surface area is 208 Å². The maximum Gasteiger partial charge on any atom is 0.252 e. The molecular formula is C28H38N2O5. The molecule has 2 fully saturated rings. The maximum absolute atomic E-state index is 13.6. The van der Waals surface area contributed by atoms with Crippen LogP contribution in [0.15, 0.2) is 54.6 Å². The lowest BCUT2D eigenvalue weighted by molar-refractivity contribution is -0.200. The van der Waals surface area contributed by atoms with Gasteiger partial charge >= 0.3 is 0 Å². The molecule has 35 heavy (non-hydrogen) atoms. The zero-order valence-corrected chi connectivity index (χ0v) is 20.6. The number of rotatable bonds is 10. The Morgan fingerprint density at radius 2 is 1.77 bits per heavy atom. The molecule has 2 aliphatic rings. The Bertz CT molecular complexity index is 949. The van der Waals surface area contributed by atoms with Crippen LogP contribution in [0, 0.1) is 6.92 Å². The summed E-state index contributed by atoms with van der Waals surface area (Å²) in [6.45, 7) is 5.95. The van der Waals surface area contributed by atoms with E-state index >= 15 is 0 Å². The molecule has 7 heteroatoms. The summed E-state index contributed by atoms with van der Waals surface area (Å²) in [6.07, 6.45) is -0.386. The van der Waals surface area contributed by atoms with E-state index in [1.807, 2.05) is 61.5 Å². The second-order valence-corrected chi connectivity index (χ2v) is 9.88. The Morgan fingerprint density at radius 3 is 2.51 bits per heavy atom. The fraction of sp³-hybridized carbons (Fsp3) is 0.536. The number of carbonyl (C=O) groups is 1. The van der Waals surface area contributed by atoms with Crippen molar-refractivity contribution in [3.05, 3.63) is 71.3 Å². The van der Waals surface area contributed by atoms with Crippen molar-refractivity contribution in [1.82, 2.24) is 10.2 Å². The van der Waals surface area contributed by atoms with E-state index < -0.39 is 23.9 Å². The first-order chi connectivity index (χ1) is 16.9. The summed E-state index contributed by atoms with van der Waals surface area (Å²) in [4.78, 5) is 15.9. The van der Waals surface area contributed by atoms with Gasteiger partial charge in [-0.25, -0.2) is 0 Å². The van der Waals surface area contributed by atoms with Gasteiger partial charge in [0.25, 0.3) is 5.91 Å². The zero-order valence-electron chi connectivity index (χ0n) is 20.6. The summed E-state index contributed by atoms with van der Waals surface area (Å²) in [7, 11) is 0. The Kier molecular flexibility index (Phi) is 8.92. The molecule has 3 N–H and O–H groups in total. The van der Waals surface area contributed by atoms with Crippen LogP contribution in [0.25, 0.3) is 0 Å². The highest BCUT2D eigenvalue weighted by molar-refractivity contribution is 5.85. The number of hydrogen-bond donors (Lipinski definition) is 3. The number of likely N-dealkylation sites (tertiary alicyclic amines) is 1. The van der Waals surface area contributed by atoms with Crippen molar-refractivity contribution in [3.8, 4) is 0 Å². The molecule has 0 radical (unpaired) electrons. The molecular weight excluding hydrogens is 444 g/mol. The highest BCUT2D eigenvalue weighted by atomic mass is 16.5. The molecule has 0 spiro atoms. The second kappa shape index (κ2) is 12.1. The lowest BCUT2D eigenvalue weighted by atomic mass is 9.78. The van der Waals surface area contributed by atoms with Gasteiger partial charge in [0.15, 0.2) is 5.60 Å². The third-order valence-electron chi connectivity index (χ3n) is 7.08. The molecule has 7 nitrogen and oxygen atoms in total. The quantitative estimate of drug-likeness (QED) is 0.482. The number of ether oxygens (including phenoxy) is 2. The van der Waals surface area contributed by atoms with E-state index in [0.717, 1.165) is 36.3 Å². The van der Waals surface area contributed by atoms with Gasteiger partial charge in [0.1, 0.15) is 6.10 Å². The highest BCUT2D eigenvalue weighted by Gasteiger charge is 2.51. The Balaban J connectivity index is 1.48. The zero-order chi connectivity index (χ0) is 24.7. The van der Waals surface area contributed by atoms with Gasteiger partial charge in [0, 0.05) is 25.9 Å². The van der Waals surface area contributed by atoms with Gasteiger partial charge in [-0.1, -0.05) is 60.2 Å². The monoisotopic (exact) mass is 482 g/mol. The van der Waals surface area contributed by atoms with E-state index in [1.54, 1.807) is 0 Å². The molecule has 1 saturated carbocycles. The first-order valence-corrected chi connectivity index (χ1v) is 12.7. The van der Waals surface area contributed by atoms with Crippen molar-refractivity contribution in [2.45, 2.75) is 69.7 Å². The first-order valence-electron chi connectivity index (χ1n) is 12.7. The summed E-state index contributed by atoms with van der Waals surface area (Å²) in [6, 6.07) is 17.6. The molecule has 2 aromatic rings. The summed E-state index contributed by atoms with van der Waals surface area (Å²) in [5.74, 6) is -0.261. The number of benzene rings is 2. The summed E-state index contributed by atoms with van der Waals surface area (Å²) < 4.78 is 12.4. The van der Waals surface area contributed by atoms with Crippen LogP contribution in [0.3, 0.4) is 0 Å². The molecule has 1 heterocycles. The van der Waals surface area contributed by atoms with Gasteiger partial charge in [-0.15, -0.1) is 0 Å². The number of amides is 1. The standard InChI is InChI=1S/C28H38N2O5/c1-21-8-7-11-23(16-21)20-35-28(27(33)29-12-15-30-13-5-6-14-30)17-24(31)26(32)25(18-28)34-19-22-9-3-2-4-10-22/h2-4,7-11,16,24-26,31-32H,5-6,12-15,17-20H2,1H3,(H,29,33)/t24-,25?,26-,28+/m1/s1.